The van der Waals surface area contributed by atoms with Crippen molar-refractivity contribution in [2.75, 3.05) is 5.73 Å². The van der Waals surface area contributed by atoms with Crippen LogP contribution in [0.4, 0.5) is 5.69 Å². The fraction of sp³-hybridized carbons (Fsp3) is 0.235. The first-order chi connectivity index (χ1) is 9.72. The molecule has 0 saturated carbocycles. The summed E-state index contributed by atoms with van der Waals surface area (Å²) in [6.07, 6.45) is 3.49. The number of rotatable bonds is 5. The van der Waals surface area contributed by atoms with Gasteiger partial charge >= 0.3 is 0 Å². The molecule has 0 fully saturated rings. The SMILES string of the molecule is CCCCc1ccc(Oc2ccc(N)c(C#N)c2)cc1. The first-order valence-corrected chi connectivity index (χ1v) is 6.79. The molecule has 3 nitrogen and oxygen atoms in total. The molecule has 0 atom stereocenters. The molecule has 0 aliphatic rings. The van der Waals surface area contributed by atoms with E-state index in [1.54, 1.807) is 18.2 Å². The lowest BCUT2D eigenvalue weighted by atomic mass is 10.1. The van der Waals surface area contributed by atoms with Crippen LogP contribution >= 0.6 is 0 Å². The summed E-state index contributed by atoms with van der Waals surface area (Å²) in [5.41, 5.74) is 7.90. The van der Waals surface area contributed by atoms with E-state index in [1.165, 1.54) is 18.4 Å². The molecule has 0 spiro atoms. The van der Waals surface area contributed by atoms with Gasteiger partial charge in [0, 0.05) is 11.8 Å². The number of nitrogen functional groups attached to an aromatic ring is 1. The third-order valence-electron chi connectivity index (χ3n) is 3.12. The van der Waals surface area contributed by atoms with E-state index in [0.29, 0.717) is 17.0 Å². The molecule has 2 aromatic carbocycles. The zero-order valence-electron chi connectivity index (χ0n) is 11.6. The molecule has 2 rings (SSSR count). The monoisotopic (exact) mass is 266 g/mol. The molecular formula is C17H18N2O. The minimum Gasteiger partial charge on any atom is -0.457 e. The van der Waals surface area contributed by atoms with Crippen molar-refractivity contribution < 1.29 is 4.74 Å². The lowest BCUT2D eigenvalue weighted by Gasteiger charge is -2.08. The van der Waals surface area contributed by atoms with E-state index in [0.717, 1.165) is 12.2 Å². The van der Waals surface area contributed by atoms with Crippen molar-refractivity contribution in [3.05, 3.63) is 53.6 Å². The summed E-state index contributed by atoms with van der Waals surface area (Å²) in [6, 6.07) is 15.2. The summed E-state index contributed by atoms with van der Waals surface area (Å²) >= 11 is 0. The van der Waals surface area contributed by atoms with Crippen LogP contribution in [0.3, 0.4) is 0 Å². The predicted molar refractivity (Wildman–Crippen MR) is 80.7 cm³/mol. The van der Waals surface area contributed by atoms with Crippen LogP contribution in [0.1, 0.15) is 30.9 Å². The number of hydrogen-bond donors (Lipinski definition) is 1. The molecule has 3 heteroatoms. The molecule has 0 bridgehead atoms. The second-order valence-electron chi connectivity index (χ2n) is 4.71. The van der Waals surface area contributed by atoms with Crippen molar-refractivity contribution in [2.24, 2.45) is 0 Å². The van der Waals surface area contributed by atoms with Crippen LogP contribution in [0, 0.1) is 11.3 Å². The molecule has 0 aliphatic heterocycles. The van der Waals surface area contributed by atoms with Gasteiger partial charge in [-0.05, 0) is 42.7 Å². The number of ether oxygens (including phenoxy) is 1. The van der Waals surface area contributed by atoms with Gasteiger partial charge < -0.3 is 10.5 Å². The zero-order chi connectivity index (χ0) is 14.4. The van der Waals surface area contributed by atoms with Crippen LogP contribution in [0.25, 0.3) is 0 Å². The van der Waals surface area contributed by atoms with E-state index in [9.17, 15) is 0 Å². The van der Waals surface area contributed by atoms with Crippen molar-refractivity contribution in [1.82, 2.24) is 0 Å². The third kappa shape index (κ3) is 3.52. The highest BCUT2D eigenvalue weighted by Crippen LogP contribution is 2.25. The smallest absolute Gasteiger partial charge is 0.128 e. The molecule has 102 valence electrons. The highest BCUT2D eigenvalue weighted by Gasteiger charge is 2.02. The molecule has 0 aliphatic carbocycles. The number of benzene rings is 2. The average Bonchev–Trinajstić information content (AvgIpc) is 2.48. The molecule has 2 N–H and O–H groups in total. The van der Waals surface area contributed by atoms with Gasteiger partial charge in [-0.15, -0.1) is 0 Å². The number of hydrogen-bond acceptors (Lipinski definition) is 3. The fourth-order valence-electron chi connectivity index (χ4n) is 1.94. The molecule has 0 radical (unpaired) electrons. The van der Waals surface area contributed by atoms with Crippen molar-refractivity contribution >= 4 is 5.69 Å². The van der Waals surface area contributed by atoms with Gasteiger partial charge in [0.05, 0.1) is 5.56 Å². The van der Waals surface area contributed by atoms with Gasteiger partial charge in [-0.3, -0.25) is 0 Å². The van der Waals surface area contributed by atoms with E-state index < -0.39 is 0 Å². The normalized spacial score (nSPS) is 10.0. The quantitative estimate of drug-likeness (QED) is 0.822. The highest BCUT2D eigenvalue weighted by atomic mass is 16.5. The van der Waals surface area contributed by atoms with Crippen LogP contribution < -0.4 is 10.5 Å². The molecule has 20 heavy (non-hydrogen) atoms. The number of nitrogens with zero attached hydrogens (tertiary/aromatic N) is 1. The lowest BCUT2D eigenvalue weighted by molar-refractivity contribution is 0.482. The molecule has 0 heterocycles. The van der Waals surface area contributed by atoms with Crippen molar-refractivity contribution in [2.45, 2.75) is 26.2 Å². The average molecular weight is 266 g/mol. The Hall–Kier alpha value is -2.47. The Balaban J connectivity index is 2.08. The number of unbranched alkanes of at least 4 members (excludes halogenated alkanes) is 1. The molecule has 0 saturated heterocycles. The Labute approximate surface area is 119 Å². The summed E-state index contributed by atoms with van der Waals surface area (Å²) in [4.78, 5) is 0. The van der Waals surface area contributed by atoms with Crippen molar-refractivity contribution in [1.29, 1.82) is 5.26 Å². The Kier molecular flexibility index (Phi) is 4.62. The van der Waals surface area contributed by atoms with Crippen LogP contribution in [0.2, 0.25) is 0 Å². The summed E-state index contributed by atoms with van der Waals surface area (Å²) in [5.74, 6) is 1.39. The second-order valence-corrected chi connectivity index (χ2v) is 4.71. The van der Waals surface area contributed by atoms with Gasteiger partial charge in [0.15, 0.2) is 0 Å². The van der Waals surface area contributed by atoms with Crippen LogP contribution in [0.15, 0.2) is 42.5 Å². The maximum Gasteiger partial charge on any atom is 0.128 e. The first kappa shape index (κ1) is 14.0. The molecule has 0 unspecified atom stereocenters. The maximum absolute atomic E-state index is 8.94. The van der Waals surface area contributed by atoms with E-state index in [-0.39, 0.29) is 0 Å². The Bertz CT molecular complexity index is 612. The molecule has 0 aromatic heterocycles. The summed E-state index contributed by atoms with van der Waals surface area (Å²) in [7, 11) is 0. The van der Waals surface area contributed by atoms with E-state index in [1.807, 2.05) is 18.2 Å². The minimum absolute atomic E-state index is 0.432. The Morgan fingerprint density at radius 2 is 1.80 bits per heavy atom. The number of nitriles is 1. The van der Waals surface area contributed by atoms with Gasteiger partial charge in [0.1, 0.15) is 17.6 Å². The Morgan fingerprint density at radius 1 is 1.10 bits per heavy atom. The van der Waals surface area contributed by atoms with E-state index >= 15 is 0 Å². The van der Waals surface area contributed by atoms with Crippen molar-refractivity contribution in [3.63, 3.8) is 0 Å². The van der Waals surface area contributed by atoms with Gasteiger partial charge in [-0.25, -0.2) is 0 Å². The summed E-state index contributed by atoms with van der Waals surface area (Å²) < 4.78 is 5.73. The van der Waals surface area contributed by atoms with Crippen LogP contribution in [-0.4, -0.2) is 0 Å². The standard InChI is InChI=1S/C17H18N2O/c1-2-3-4-13-5-7-15(8-6-13)20-16-9-10-17(19)14(11-16)12-18/h5-11H,2-4,19H2,1H3. The van der Waals surface area contributed by atoms with E-state index in [2.05, 4.69) is 19.1 Å². The molecule has 2 aromatic rings. The number of nitrogens with two attached hydrogens (primary N) is 1. The van der Waals surface area contributed by atoms with Gasteiger partial charge in [0.25, 0.3) is 0 Å². The van der Waals surface area contributed by atoms with E-state index in [4.69, 9.17) is 15.7 Å². The molecule has 0 amide bonds. The van der Waals surface area contributed by atoms with Crippen molar-refractivity contribution in [3.8, 4) is 17.6 Å². The van der Waals surface area contributed by atoms with Gasteiger partial charge in [-0.2, -0.15) is 5.26 Å². The first-order valence-electron chi connectivity index (χ1n) is 6.79. The maximum atomic E-state index is 8.94. The Morgan fingerprint density at radius 3 is 2.45 bits per heavy atom. The van der Waals surface area contributed by atoms with Gasteiger partial charge in [0.2, 0.25) is 0 Å². The minimum atomic E-state index is 0.432. The topological polar surface area (TPSA) is 59.0 Å². The second kappa shape index (κ2) is 6.63. The number of anilines is 1. The fourth-order valence-corrected chi connectivity index (χ4v) is 1.94. The summed E-state index contributed by atoms with van der Waals surface area (Å²) in [5, 5.41) is 8.94. The summed E-state index contributed by atoms with van der Waals surface area (Å²) in [6.45, 7) is 2.19. The van der Waals surface area contributed by atoms with Gasteiger partial charge in [-0.1, -0.05) is 25.5 Å². The number of aryl methyl sites for hydroxylation is 1. The molecular weight excluding hydrogens is 248 g/mol. The third-order valence-corrected chi connectivity index (χ3v) is 3.12. The highest BCUT2D eigenvalue weighted by molar-refractivity contribution is 5.57. The zero-order valence-corrected chi connectivity index (χ0v) is 11.6. The van der Waals surface area contributed by atoms with Crippen LogP contribution in [0.5, 0.6) is 11.5 Å². The van der Waals surface area contributed by atoms with Crippen LogP contribution in [-0.2, 0) is 6.42 Å². The predicted octanol–water partition coefficient (Wildman–Crippen LogP) is 4.28. The lowest BCUT2D eigenvalue weighted by Crippen LogP contribution is -1.92. The largest absolute Gasteiger partial charge is 0.457 e.